The van der Waals surface area contributed by atoms with E-state index in [1.807, 2.05) is 37.3 Å². The van der Waals surface area contributed by atoms with Gasteiger partial charge in [0.2, 0.25) is 0 Å². The third-order valence-corrected chi connectivity index (χ3v) is 6.59. The summed E-state index contributed by atoms with van der Waals surface area (Å²) in [5, 5.41) is 7.07. The predicted octanol–water partition coefficient (Wildman–Crippen LogP) is 5.86. The number of fused-ring (bicyclic) bond motifs is 1. The van der Waals surface area contributed by atoms with E-state index in [-0.39, 0.29) is 31.2 Å². The van der Waals surface area contributed by atoms with Crippen molar-refractivity contribution >= 4 is 28.2 Å². The van der Waals surface area contributed by atoms with Gasteiger partial charge in [0.15, 0.2) is 11.6 Å². The predicted molar refractivity (Wildman–Crippen MR) is 142 cm³/mol. The summed E-state index contributed by atoms with van der Waals surface area (Å²) in [6.45, 7) is 1.73. The van der Waals surface area contributed by atoms with Crippen LogP contribution in [0.2, 0.25) is 5.02 Å². The molecule has 0 N–H and O–H groups in total. The van der Waals surface area contributed by atoms with Gasteiger partial charge in [-0.15, -0.1) is 5.10 Å². The van der Waals surface area contributed by atoms with Crippen LogP contribution in [0, 0.1) is 5.82 Å². The molecule has 2 aromatic heterocycles. The van der Waals surface area contributed by atoms with E-state index in [0.29, 0.717) is 22.0 Å². The maximum absolute atomic E-state index is 14.4. The number of rotatable bonds is 8. The number of ketones is 1. The van der Waals surface area contributed by atoms with Crippen molar-refractivity contribution in [2.24, 2.45) is 0 Å². The fourth-order valence-electron chi connectivity index (χ4n) is 4.50. The molecular weight excluding hydrogens is 491 g/mol. The molecule has 8 heteroatoms. The van der Waals surface area contributed by atoms with Crippen molar-refractivity contribution in [2.75, 3.05) is 0 Å². The average Bonchev–Trinajstić information content (AvgIpc) is 3.20. The summed E-state index contributed by atoms with van der Waals surface area (Å²) < 4.78 is 16.9. The Morgan fingerprint density at radius 1 is 1.00 bits per heavy atom. The number of pyridine rings is 1. The molecule has 0 aliphatic rings. The van der Waals surface area contributed by atoms with E-state index in [1.54, 1.807) is 48.7 Å². The van der Waals surface area contributed by atoms with E-state index in [4.69, 9.17) is 11.6 Å². The first-order valence-corrected chi connectivity index (χ1v) is 12.3. The van der Waals surface area contributed by atoms with Gasteiger partial charge in [0.1, 0.15) is 12.4 Å². The number of hydrogen-bond acceptors (Lipinski definition) is 4. The van der Waals surface area contributed by atoms with Gasteiger partial charge in [0.25, 0.3) is 0 Å². The number of aromatic nitrogens is 4. The summed E-state index contributed by atoms with van der Waals surface area (Å²) >= 11 is 6.04. The highest BCUT2D eigenvalue weighted by molar-refractivity contribution is 6.30. The third-order valence-electron chi connectivity index (χ3n) is 6.34. The highest BCUT2D eigenvalue weighted by atomic mass is 35.5. The minimum Gasteiger partial charge on any atom is -0.298 e. The molecule has 0 fully saturated rings. The highest BCUT2D eigenvalue weighted by Crippen LogP contribution is 2.26. The summed E-state index contributed by atoms with van der Waals surface area (Å²) in [5.74, 6) is -0.383. The van der Waals surface area contributed by atoms with E-state index in [9.17, 15) is 14.0 Å². The molecular formula is C29H24ClFN4O2. The van der Waals surface area contributed by atoms with Crippen molar-refractivity contribution in [3.05, 3.63) is 118 Å². The first-order chi connectivity index (χ1) is 17.9. The second-order valence-corrected chi connectivity index (χ2v) is 9.45. The van der Waals surface area contributed by atoms with Gasteiger partial charge in [-0.2, -0.15) is 0 Å². The molecule has 0 aliphatic carbocycles. The van der Waals surface area contributed by atoms with E-state index < -0.39 is 11.5 Å². The molecule has 0 amide bonds. The maximum atomic E-state index is 14.4. The van der Waals surface area contributed by atoms with Crippen molar-refractivity contribution in [1.82, 2.24) is 19.3 Å². The van der Waals surface area contributed by atoms with Crippen LogP contribution in [-0.2, 0) is 17.9 Å². The molecule has 0 bridgehead atoms. The molecule has 6 nitrogen and oxygen atoms in total. The number of nitrogens with zero attached hydrogens (tertiary/aromatic N) is 4. The molecule has 0 saturated heterocycles. The lowest BCUT2D eigenvalue weighted by Crippen LogP contribution is -2.28. The molecule has 37 heavy (non-hydrogen) atoms. The molecule has 0 saturated carbocycles. The van der Waals surface area contributed by atoms with Crippen LogP contribution in [0.3, 0.4) is 0 Å². The average molecular weight is 515 g/mol. The standard InChI is InChI=1S/C29H24ClFN4O2/c1-19(27-25-8-4-2-6-20(25)14-15-32-27)16-24(36)18-35-29(37)34(17-22-7-3-5-9-26(22)31)28(33-35)21-10-12-23(30)13-11-21/h2-15,19H,16-18H2,1H3. The van der Waals surface area contributed by atoms with E-state index in [0.717, 1.165) is 21.1 Å². The second-order valence-electron chi connectivity index (χ2n) is 9.01. The Labute approximate surface area is 218 Å². The van der Waals surface area contributed by atoms with Crippen LogP contribution in [0.4, 0.5) is 4.39 Å². The Hall–Kier alpha value is -4.10. The van der Waals surface area contributed by atoms with Crippen LogP contribution in [0.25, 0.3) is 22.2 Å². The summed E-state index contributed by atoms with van der Waals surface area (Å²) in [6.07, 6.45) is 1.94. The van der Waals surface area contributed by atoms with Gasteiger partial charge >= 0.3 is 5.69 Å². The number of Topliss-reactive ketones (excluding diaryl/α,β-unsaturated/α-hetero) is 1. The van der Waals surface area contributed by atoms with Gasteiger partial charge in [0.05, 0.1) is 12.2 Å². The number of benzene rings is 3. The largest absolute Gasteiger partial charge is 0.346 e. The molecule has 1 unspecified atom stereocenters. The normalized spacial score (nSPS) is 12.1. The Kier molecular flexibility index (Phi) is 6.97. The smallest absolute Gasteiger partial charge is 0.298 e. The van der Waals surface area contributed by atoms with Crippen LogP contribution in [0.5, 0.6) is 0 Å². The van der Waals surface area contributed by atoms with Gasteiger partial charge < -0.3 is 0 Å². The van der Waals surface area contributed by atoms with Crippen molar-refractivity contribution in [3.8, 4) is 11.4 Å². The van der Waals surface area contributed by atoms with Gasteiger partial charge in [0, 0.05) is 40.1 Å². The van der Waals surface area contributed by atoms with Crippen LogP contribution in [0.1, 0.15) is 30.5 Å². The van der Waals surface area contributed by atoms with E-state index in [2.05, 4.69) is 10.1 Å². The number of halogens is 2. The van der Waals surface area contributed by atoms with Gasteiger partial charge in [-0.05, 0) is 41.8 Å². The Morgan fingerprint density at radius 3 is 2.51 bits per heavy atom. The van der Waals surface area contributed by atoms with Crippen molar-refractivity contribution < 1.29 is 9.18 Å². The summed E-state index contributed by atoms with van der Waals surface area (Å²) in [6, 6.07) is 23.0. The van der Waals surface area contributed by atoms with Crippen LogP contribution in [-0.4, -0.2) is 25.1 Å². The Bertz CT molecular complexity index is 1640. The first-order valence-electron chi connectivity index (χ1n) is 11.9. The van der Waals surface area contributed by atoms with Crippen LogP contribution < -0.4 is 5.69 Å². The summed E-state index contributed by atoms with van der Waals surface area (Å²) in [4.78, 5) is 31.0. The monoisotopic (exact) mass is 514 g/mol. The molecule has 3 aromatic carbocycles. The van der Waals surface area contributed by atoms with Gasteiger partial charge in [-0.1, -0.05) is 61.0 Å². The van der Waals surface area contributed by atoms with Crippen LogP contribution >= 0.6 is 11.6 Å². The fraction of sp³-hybridized carbons (Fsp3) is 0.172. The van der Waals surface area contributed by atoms with Gasteiger partial charge in [-0.25, -0.2) is 13.9 Å². The maximum Gasteiger partial charge on any atom is 0.346 e. The minimum atomic E-state index is -0.488. The Balaban J connectivity index is 1.44. The summed E-state index contributed by atoms with van der Waals surface area (Å²) in [5.41, 5.74) is 1.34. The number of carbonyl (C=O) groups is 1. The molecule has 1 atom stereocenters. The SMILES string of the molecule is CC(CC(=O)Cn1nc(-c2ccc(Cl)cc2)n(Cc2ccccc2F)c1=O)c1nccc2ccccc12. The lowest BCUT2D eigenvalue weighted by atomic mass is 9.96. The topological polar surface area (TPSA) is 69.8 Å². The molecule has 2 heterocycles. The van der Waals surface area contributed by atoms with Crippen LogP contribution in [0.15, 0.2) is 89.9 Å². The third kappa shape index (κ3) is 5.22. The Morgan fingerprint density at radius 2 is 1.73 bits per heavy atom. The van der Waals surface area contributed by atoms with Crippen molar-refractivity contribution in [1.29, 1.82) is 0 Å². The molecule has 5 rings (SSSR count). The van der Waals surface area contributed by atoms with Gasteiger partial charge in [-0.3, -0.25) is 14.3 Å². The minimum absolute atomic E-state index is 0.0199. The van der Waals surface area contributed by atoms with Crippen molar-refractivity contribution in [2.45, 2.75) is 32.4 Å². The molecule has 0 spiro atoms. The zero-order chi connectivity index (χ0) is 25.9. The number of carbonyl (C=O) groups excluding carboxylic acids is 1. The lowest BCUT2D eigenvalue weighted by molar-refractivity contribution is -0.120. The zero-order valence-corrected chi connectivity index (χ0v) is 20.9. The number of hydrogen-bond donors (Lipinski definition) is 0. The zero-order valence-electron chi connectivity index (χ0n) is 20.1. The lowest BCUT2D eigenvalue weighted by Gasteiger charge is -2.12. The quantitative estimate of drug-likeness (QED) is 0.260. The van der Waals surface area contributed by atoms with Crippen molar-refractivity contribution in [3.63, 3.8) is 0 Å². The first kappa shape index (κ1) is 24.6. The molecule has 0 radical (unpaired) electrons. The summed E-state index contributed by atoms with van der Waals surface area (Å²) in [7, 11) is 0. The van der Waals surface area contributed by atoms with E-state index >= 15 is 0 Å². The molecule has 5 aromatic rings. The molecule has 0 aliphatic heterocycles. The second kappa shape index (κ2) is 10.5. The molecule has 186 valence electrons. The highest BCUT2D eigenvalue weighted by Gasteiger charge is 2.21. The van der Waals surface area contributed by atoms with E-state index in [1.165, 1.54) is 10.6 Å². The fourth-order valence-corrected chi connectivity index (χ4v) is 4.63.